The molecule has 0 unspecified atom stereocenters. The van der Waals surface area contributed by atoms with Gasteiger partial charge in [-0.3, -0.25) is 4.79 Å². The van der Waals surface area contributed by atoms with Gasteiger partial charge in [0.2, 0.25) is 11.7 Å². The predicted octanol–water partition coefficient (Wildman–Crippen LogP) is 4.92. The van der Waals surface area contributed by atoms with Gasteiger partial charge < -0.3 is 9.84 Å². The second kappa shape index (κ2) is 7.91. The lowest BCUT2D eigenvalue weighted by Crippen LogP contribution is -2.21. The van der Waals surface area contributed by atoms with Gasteiger partial charge in [0.05, 0.1) is 11.3 Å². The first-order chi connectivity index (χ1) is 12.6. The Labute approximate surface area is 151 Å². The van der Waals surface area contributed by atoms with Gasteiger partial charge in [0.15, 0.2) is 0 Å². The maximum Gasteiger partial charge on any atom is 0.260 e. The Balaban J connectivity index is 1.88. The summed E-state index contributed by atoms with van der Waals surface area (Å²) in [7, 11) is 0. The van der Waals surface area contributed by atoms with Gasteiger partial charge in [0.1, 0.15) is 5.82 Å². The smallest absolute Gasteiger partial charge is 0.260 e. The topological polar surface area (TPSA) is 68.0 Å². The van der Waals surface area contributed by atoms with Crippen LogP contribution in [0.25, 0.3) is 22.8 Å². The van der Waals surface area contributed by atoms with Crippen molar-refractivity contribution in [3.05, 3.63) is 54.3 Å². The van der Waals surface area contributed by atoms with E-state index in [9.17, 15) is 9.18 Å². The molecule has 0 aliphatic rings. The minimum absolute atomic E-state index is 0.0271. The number of benzene rings is 2. The van der Waals surface area contributed by atoms with Crippen LogP contribution >= 0.6 is 0 Å². The fraction of sp³-hybridized carbons (Fsp3) is 0.250. The molecule has 5 nitrogen and oxygen atoms in total. The maximum atomic E-state index is 13.1. The summed E-state index contributed by atoms with van der Waals surface area (Å²) in [6, 6.07) is 13.1. The highest BCUT2D eigenvalue weighted by Gasteiger charge is 2.18. The highest BCUT2D eigenvalue weighted by atomic mass is 19.1. The number of hydrogen-bond donors (Lipinski definition) is 1. The standard InChI is InChI=1S/C20H20FN3O2/c1-3-13(4-2)19(25)22-17-8-6-5-7-16(17)20-23-18(24-26-20)14-9-11-15(21)12-10-14/h5-13H,3-4H2,1-2H3,(H,22,25). The molecule has 0 fully saturated rings. The van der Waals surface area contributed by atoms with Crippen molar-refractivity contribution in [2.75, 3.05) is 5.32 Å². The monoisotopic (exact) mass is 353 g/mol. The Morgan fingerprint density at radius 2 is 1.81 bits per heavy atom. The molecule has 134 valence electrons. The number of halogens is 1. The lowest BCUT2D eigenvalue weighted by Gasteiger charge is -2.14. The van der Waals surface area contributed by atoms with E-state index in [1.165, 1.54) is 12.1 Å². The fourth-order valence-electron chi connectivity index (χ4n) is 2.72. The van der Waals surface area contributed by atoms with Crippen molar-refractivity contribution >= 4 is 11.6 Å². The molecule has 0 bridgehead atoms. The number of hydrogen-bond acceptors (Lipinski definition) is 4. The van der Waals surface area contributed by atoms with Gasteiger partial charge in [-0.15, -0.1) is 0 Å². The first-order valence-electron chi connectivity index (χ1n) is 8.62. The molecule has 0 aliphatic heterocycles. The number of aromatic nitrogens is 2. The molecule has 2 aromatic carbocycles. The zero-order valence-electron chi connectivity index (χ0n) is 14.7. The van der Waals surface area contributed by atoms with E-state index < -0.39 is 0 Å². The van der Waals surface area contributed by atoms with E-state index in [1.54, 1.807) is 18.2 Å². The van der Waals surface area contributed by atoms with Crippen LogP contribution in [0.1, 0.15) is 26.7 Å². The molecular weight excluding hydrogens is 333 g/mol. The van der Waals surface area contributed by atoms with Crippen LogP contribution in [-0.4, -0.2) is 16.0 Å². The van der Waals surface area contributed by atoms with Crippen LogP contribution in [0.2, 0.25) is 0 Å². The van der Waals surface area contributed by atoms with E-state index in [-0.39, 0.29) is 17.6 Å². The number of nitrogens with one attached hydrogen (secondary N) is 1. The van der Waals surface area contributed by atoms with Gasteiger partial charge in [-0.25, -0.2) is 4.39 Å². The SMILES string of the molecule is CCC(CC)C(=O)Nc1ccccc1-c1nc(-c2ccc(F)cc2)no1. The second-order valence-corrected chi connectivity index (χ2v) is 5.98. The number of nitrogens with zero attached hydrogens (tertiary/aromatic N) is 2. The molecule has 0 aliphatic carbocycles. The Bertz CT molecular complexity index is 886. The first-order valence-corrected chi connectivity index (χ1v) is 8.62. The predicted molar refractivity (Wildman–Crippen MR) is 97.8 cm³/mol. The molecule has 0 saturated carbocycles. The third-order valence-corrected chi connectivity index (χ3v) is 4.30. The number of amides is 1. The van der Waals surface area contributed by atoms with Crippen LogP contribution in [0.15, 0.2) is 53.1 Å². The summed E-state index contributed by atoms with van der Waals surface area (Å²) in [5.41, 5.74) is 1.92. The van der Waals surface area contributed by atoms with Crippen LogP contribution in [-0.2, 0) is 4.79 Å². The van der Waals surface area contributed by atoms with E-state index in [0.29, 0.717) is 28.5 Å². The molecular formula is C20H20FN3O2. The Morgan fingerprint density at radius 1 is 1.12 bits per heavy atom. The van der Waals surface area contributed by atoms with Gasteiger partial charge in [0.25, 0.3) is 5.89 Å². The highest BCUT2D eigenvalue weighted by molar-refractivity contribution is 5.96. The van der Waals surface area contributed by atoms with Crippen LogP contribution < -0.4 is 5.32 Å². The van der Waals surface area contributed by atoms with E-state index in [2.05, 4.69) is 15.5 Å². The third kappa shape index (κ3) is 3.79. The van der Waals surface area contributed by atoms with Gasteiger partial charge in [-0.05, 0) is 49.2 Å². The largest absolute Gasteiger partial charge is 0.334 e. The quantitative estimate of drug-likeness (QED) is 0.683. The molecule has 3 aromatic rings. The average Bonchev–Trinajstić information content (AvgIpc) is 3.14. The van der Waals surface area contributed by atoms with E-state index in [1.807, 2.05) is 32.0 Å². The second-order valence-electron chi connectivity index (χ2n) is 5.98. The molecule has 0 radical (unpaired) electrons. The van der Waals surface area contributed by atoms with Crippen molar-refractivity contribution in [3.8, 4) is 22.8 Å². The average molecular weight is 353 g/mol. The van der Waals surface area contributed by atoms with Crippen LogP contribution in [0, 0.1) is 11.7 Å². The van der Waals surface area contributed by atoms with Crippen molar-refractivity contribution < 1.29 is 13.7 Å². The Kier molecular flexibility index (Phi) is 5.41. The zero-order valence-corrected chi connectivity index (χ0v) is 14.7. The summed E-state index contributed by atoms with van der Waals surface area (Å²) in [4.78, 5) is 16.8. The molecule has 6 heteroatoms. The number of para-hydroxylation sites is 1. The minimum Gasteiger partial charge on any atom is -0.334 e. The molecule has 26 heavy (non-hydrogen) atoms. The molecule has 0 saturated heterocycles. The van der Waals surface area contributed by atoms with E-state index in [4.69, 9.17) is 4.52 Å². The lowest BCUT2D eigenvalue weighted by atomic mass is 10.0. The van der Waals surface area contributed by atoms with Gasteiger partial charge in [-0.1, -0.05) is 31.1 Å². The third-order valence-electron chi connectivity index (χ3n) is 4.30. The van der Waals surface area contributed by atoms with Gasteiger partial charge in [0, 0.05) is 11.5 Å². The number of rotatable bonds is 6. The van der Waals surface area contributed by atoms with Gasteiger partial charge in [-0.2, -0.15) is 4.98 Å². The lowest BCUT2D eigenvalue weighted by molar-refractivity contribution is -0.120. The Hall–Kier alpha value is -3.02. The first kappa shape index (κ1) is 17.8. The summed E-state index contributed by atoms with van der Waals surface area (Å²) < 4.78 is 18.4. The summed E-state index contributed by atoms with van der Waals surface area (Å²) >= 11 is 0. The normalized spacial score (nSPS) is 10.9. The molecule has 1 N–H and O–H groups in total. The molecule has 0 spiro atoms. The summed E-state index contributed by atoms with van der Waals surface area (Å²) in [6.45, 7) is 3.99. The van der Waals surface area contributed by atoms with Crippen molar-refractivity contribution in [1.82, 2.24) is 10.1 Å². The van der Waals surface area contributed by atoms with Crippen molar-refractivity contribution in [2.45, 2.75) is 26.7 Å². The summed E-state index contributed by atoms with van der Waals surface area (Å²) in [5.74, 6) is 0.263. The molecule has 0 atom stereocenters. The molecule has 1 heterocycles. The van der Waals surface area contributed by atoms with Crippen LogP contribution in [0.5, 0.6) is 0 Å². The minimum atomic E-state index is -0.327. The van der Waals surface area contributed by atoms with Crippen LogP contribution in [0.4, 0.5) is 10.1 Å². The maximum absolute atomic E-state index is 13.1. The number of anilines is 1. The van der Waals surface area contributed by atoms with Crippen molar-refractivity contribution in [3.63, 3.8) is 0 Å². The molecule has 1 aromatic heterocycles. The Morgan fingerprint density at radius 3 is 2.50 bits per heavy atom. The van der Waals surface area contributed by atoms with E-state index >= 15 is 0 Å². The fourth-order valence-corrected chi connectivity index (χ4v) is 2.72. The van der Waals surface area contributed by atoms with Gasteiger partial charge >= 0.3 is 0 Å². The molecule has 3 rings (SSSR count). The summed E-state index contributed by atoms with van der Waals surface area (Å²) in [6.07, 6.45) is 1.56. The van der Waals surface area contributed by atoms with Crippen molar-refractivity contribution in [1.29, 1.82) is 0 Å². The number of carbonyl (C=O) groups excluding carboxylic acids is 1. The van der Waals surface area contributed by atoms with Crippen molar-refractivity contribution in [2.24, 2.45) is 5.92 Å². The molecule has 1 amide bonds. The zero-order chi connectivity index (χ0) is 18.5. The summed E-state index contributed by atoms with van der Waals surface area (Å²) in [5, 5.41) is 6.91. The van der Waals surface area contributed by atoms with Crippen LogP contribution in [0.3, 0.4) is 0 Å². The highest BCUT2D eigenvalue weighted by Crippen LogP contribution is 2.29. The number of carbonyl (C=O) groups is 1. The van der Waals surface area contributed by atoms with E-state index in [0.717, 1.165) is 12.8 Å².